The van der Waals surface area contributed by atoms with Gasteiger partial charge in [-0.05, 0) is 116 Å². The molecule has 0 amide bonds. The summed E-state index contributed by atoms with van der Waals surface area (Å²) in [5.41, 5.74) is 0. The molecule has 0 fully saturated rings. The predicted molar refractivity (Wildman–Crippen MR) is 297 cm³/mol. The second-order valence-corrected chi connectivity index (χ2v) is 18.8. The molecule has 1 atom stereocenters. The zero-order valence-corrected chi connectivity index (χ0v) is 44.8. The number of carbonyl (C=O) groups excluding carboxylic acids is 2. The van der Waals surface area contributed by atoms with E-state index in [2.05, 4.69) is 118 Å². The first-order chi connectivity index (χ1) is 33.6. The molecule has 0 aliphatic carbocycles. The molecule has 0 aromatic rings. The molecule has 1 unspecified atom stereocenters. The number of carbonyl (C=O) groups is 2. The highest BCUT2D eigenvalue weighted by Gasteiger charge is 2.17. The van der Waals surface area contributed by atoms with Crippen LogP contribution in [0.2, 0.25) is 0 Å². The van der Waals surface area contributed by atoms with Crippen LogP contribution in [0.5, 0.6) is 0 Å². The molecule has 5 nitrogen and oxygen atoms in total. The van der Waals surface area contributed by atoms with E-state index in [4.69, 9.17) is 14.2 Å². The second kappa shape index (κ2) is 58.1. The number of unbranched alkanes of at least 4 members (excludes halogenated alkanes) is 25. The average Bonchev–Trinajstić information content (AvgIpc) is 3.34. The Bertz CT molecular complexity index is 1300. The van der Waals surface area contributed by atoms with Crippen LogP contribution in [0.4, 0.5) is 0 Å². The highest BCUT2D eigenvalue weighted by Crippen LogP contribution is 2.14. The Morgan fingerprint density at radius 1 is 0.338 bits per heavy atom. The van der Waals surface area contributed by atoms with Crippen LogP contribution in [0.3, 0.4) is 0 Å². The lowest BCUT2D eigenvalue weighted by Gasteiger charge is -2.18. The van der Waals surface area contributed by atoms with E-state index in [1.54, 1.807) is 0 Å². The molecule has 68 heavy (non-hydrogen) atoms. The van der Waals surface area contributed by atoms with Crippen LogP contribution in [0, 0.1) is 0 Å². The molecule has 0 rings (SSSR count). The van der Waals surface area contributed by atoms with Crippen LogP contribution >= 0.6 is 0 Å². The highest BCUT2D eigenvalue weighted by atomic mass is 16.6. The Morgan fingerprint density at radius 2 is 0.662 bits per heavy atom. The molecule has 0 saturated heterocycles. The first-order valence-electron chi connectivity index (χ1n) is 28.8. The summed E-state index contributed by atoms with van der Waals surface area (Å²) >= 11 is 0. The summed E-state index contributed by atoms with van der Waals surface area (Å²) in [5, 5.41) is 0. The lowest BCUT2D eigenvalue weighted by Crippen LogP contribution is -2.30. The maximum absolute atomic E-state index is 12.9. The van der Waals surface area contributed by atoms with Gasteiger partial charge in [0, 0.05) is 19.4 Å². The lowest BCUT2D eigenvalue weighted by atomic mass is 10.1. The van der Waals surface area contributed by atoms with Crippen molar-refractivity contribution in [2.24, 2.45) is 0 Å². The van der Waals surface area contributed by atoms with E-state index in [0.29, 0.717) is 19.4 Å². The van der Waals surface area contributed by atoms with Crippen molar-refractivity contribution in [2.75, 3.05) is 19.8 Å². The Morgan fingerprint density at radius 3 is 1.07 bits per heavy atom. The summed E-state index contributed by atoms with van der Waals surface area (Å²) in [6.07, 6.45) is 78.5. The largest absolute Gasteiger partial charge is 0.462 e. The summed E-state index contributed by atoms with van der Waals surface area (Å²) < 4.78 is 17.5. The van der Waals surface area contributed by atoms with Gasteiger partial charge in [-0.2, -0.15) is 0 Å². The average molecular weight is 946 g/mol. The normalized spacial score (nSPS) is 12.9. The van der Waals surface area contributed by atoms with Crippen LogP contribution in [-0.2, 0) is 23.8 Å². The smallest absolute Gasteiger partial charge is 0.306 e. The van der Waals surface area contributed by atoms with Gasteiger partial charge in [0.2, 0.25) is 0 Å². The van der Waals surface area contributed by atoms with E-state index in [-0.39, 0.29) is 25.2 Å². The summed E-state index contributed by atoms with van der Waals surface area (Å²) in [4.78, 5) is 25.5. The Labute approximate surface area is 422 Å². The molecule has 390 valence electrons. The van der Waals surface area contributed by atoms with Gasteiger partial charge >= 0.3 is 11.9 Å². The van der Waals surface area contributed by atoms with Crippen molar-refractivity contribution in [3.63, 3.8) is 0 Å². The second-order valence-electron chi connectivity index (χ2n) is 18.8. The summed E-state index contributed by atoms with van der Waals surface area (Å²) in [6, 6.07) is 0. The number of rotatable bonds is 52. The molecule has 5 heteroatoms. The number of ether oxygens (including phenoxy) is 3. The molecule has 0 heterocycles. The SMILES string of the molecule is CC/C=C\C/C=C\C/C=C\C/C=C\CCCCCCCCCOCC(COC(=O)CCCCCCCCC/C=C\C/C=C\C/C=C\CC)OC(=O)CCCCCCC/C=C\CCCCCCCC. The fraction of sp³-hybridized carbons (Fsp3) is 0.714. The quantitative estimate of drug-likeness (QED) is 0.0345. The summed E-state index contributed by atoms with van der Waals surface area (Å²) in [7, 11) is 0. The fourth-order valence-corrected chi connectivity index (χ4v) is 7.86. The molecule has 0 aromatic carbocycles. The van der Waals surface area contributed by atoms with Gasteiger partial charge in [-0.3, -0.25) is 9.59 Å². The van der Waals surface area contributed by atoms with Gasteiger partial charge in [-0.1, -0.05) is 234 Å². The van der Waals surface area contributed by atoms with Crippen molar-refractivity contribution < 1.29 is 23.8 Å². The molecular formula is C63H108O5. The van der Waals surface area contributed by atoms with Crippen LogP contribution in [0.15, 0.2) is 97.2 Å². The predicted octanol–water partition coefficient (Wildman–Crippen LogP) is 19.8. The minimum absolute atomic E-state index is 0.0684. The van der Waals surface area contributed by atoms with Crippen LogP contribution in [0.1, 0.15) is 265 Å². The molecule has 0 aromatic heterocycles. The van der Waals surface area contributed by atoms with Crippen molar-refractivity contribution in [3.05, 3.63) is 97.2 Å². The van der Waals surface area contributed by atoms with E-state index in [1.807, 2.05) is 0 Å². The first kappa shape index (κ1) is 64.8. The Kier molecular flexibility index (Phi) is 55.4. The number of hydrogen-bond donors (Lipinski definition) is 0. The topological polar surface area (TPSA) is 61.8 Å². The van der Waals surface area contributed by atoms with Gasteiger partial charge in [0.25, 0.3) is 0 Å². The number of allylic oxidation sites excluding steroid dienone is 16. The van der Waals surface area contributed by atoms with Gasteiger partial charge in [0.05, 0.1) is 6.61 Å². The van der Waals surface area contributed by atoms with Gasteiger partial charge in [0.15, 0.2) is 6.10 Å². The zero-order valence-electron chi connectivity index (χ0n) is 44.8. The third-order valence-electron chi connectivity index (χ3n) is 12.1. The van der Waals surface area contributed by atoms with E-state index < -0.39 is 6.10 Å². The number of esters is 2. The maximum atomic E-state index is 12.9. The molecule has 0 bridgehead atoms. The minimum atomic E-state index is -0.556. The summed E-state index contributed by atoms with van der Waals surface area (Å²) in [6.45, 7) is 7.57. The van der Waals surface area contributed by atoms with Crippen LogP contribution in [-0.4, -0.2) is 37.9 Å². The zero-order chi connectivity index (χ0) is 49.2. The Hall–Kier alpha value is -3.18. The van der Waals surface area contributed by atoms with Crippen molar-refractivity contribution in [3.8, 4) is 0 Å². The summed E-state index contributed by atoms with van der Waals surface area (Å²) in [5.74, 6) is -0.422. The van der Waals surface area contributed by atoms with Crippen LogP contribution < -0.4 is 0 Å². The fourth-order valence-electron chi connectivity index (χ4n) is 7.86. The van der Waals surface area contributed by atoms with Crippen molar-refractivity contribution >= 4 is 11.9 Å². The van der Waals surface area contributed by atoms with Crippen molar-refractivity contribution in [1.29, 1.82) is 0 Å². The molecule has 0 saturated carbocycles. The van der Waals surface area contributed by atoms with E-state index in [9.17, 15) is 9.59 Å². The van der Waals surface area contributed by atoms with Crippen molar-refractivity contribution in [1.82, 2.24) is 0 Å². The van der Waals surface area contributed by atoms with E-state index >= 15 is 0 Å². The molecule has 0 radical (unpaired) electrons. The molecule has 0 spiro atoms. The van der Waals surface area contributed by atoms with Gasteiger partial charge in [-0.25, -0.2) is 0 Å². The van der Waals surface area contributed by atoms with E-state index in [0.717, 1.165) is 109 Å². The maximum Gasteiger partial charge on any atom is 0.306 e. The van der Waals surface area contributed by atoms with E-state index in [1.165, 1.54) is 122 Å². The number of hydrogen-bond acceptors (Lipinski definition) is 5. The van der Waals surface area contributed by atoms with Crippen molar-refractivity contribution in [2.45, 2.75) is 271 Å². The minimum Gasteiger partial charge on any atom is -0.462 e. The molecule has 0 aliphatic heterocycles. The van der Waals surface area contributed by atoms with Crippen LogP contribution in [0.25, 0.3) is 0 Å². The van der Waals surface area contributed by atoms with Gasteiger partial charge in [-0.15, -0.1) is 0 Å². The molecular weight excluding hydrogens is 837 g/mol. The first-order valence-corrected chi connectivity index (χ1v) is 28.8. The third-order valence-corrected chi connectivity index (χ3v) is 12.1. The molecule has 0 N–H and O–H groups in total. The monoisotopic (exact) mass is 945 g/mol. The standard InChI is InChI=1S/C63H108O5/c1-4-7-10-13-16-19-22-25-28-30-31-32-34-37-40-43-46-49-52-55-58-66-59-61(68-63(65)57-54-51-48-45-42-39-35-27-24-21-18-15-12-9-6-3)60-67-62(64)56-53-50-47-44-41-38-36-33-29-26-23-20-17-14-11-8-5-2/h7-8,10-11,16-17,19-20,25-29,31-32,35,61H,4-6,9,12-15,18,21-24,30,33-34,36-60H2,1-3H3/b10-7-,11-8-,19-16-,20-17-,28-25-,29-26-,32-31-,35-27-. The highest BCUT2D eigenvalue weighted by molar-refractivity contribution is 5.70. The molecule has 0 aliphatic rings. The lowest BCUT2D eigenvalue weighted by molar-refractivity contribution is -0.163. The third kappa shape index (κ3) is 55.4. The van der Waals surface area contributed by atoms with Gasteiger partial charge < -0.3 is 14.2 Å². The van der Waals surface area contributed by atoms with Gasteiger partial charge in [0.1, 0.15) is 6.61 Å². The Balaban J connectivity index is 4.33.